The average Bonchev–Trinajstić information content (AvgIpc) is 3.24. The molecule has 2 heterocycles. The van der Waals surface area contributed by atoms with Gasteiger partial charge in [-0.05, 0) is 73.5 Å². The second kappa shape index (κ2) is 8.04. The van der Waals surface area contributed by atoms with Crippen LogP contribution in [0.2, 0.25) is 0 Å². The highest BCUT2D eigenvalue weighted by atomic mass is 16.5. The molecule has 1 N–H and O–H groups in total. The lowest BCUT2D eigenvalue weighted by molar-refractivity contribution is -0.123. The first-order valence-corrected chi connectivity index (χ1v) is 9.68. The molecule has 2 fully saturated rings. The van der Waals surface area contributed by atoms with Gasteiger partial charge in [-0.3, -0.25) is 4.79 Å². The van der Waals surface area contributed by atoms with Crippen LogP contribution in [-0.2, 0) is 4.79 Å². The molecule has 1 aromatic carbocycles. The summed E-state index contributed by atoms with van der Waals surface area (Å²) in [4.78, 5) is 14.7. The van der Waals surface area contributed by atoms with Crippen molar-refractivity contribution >= 4 is 5.91 Å². The van der Waals surface area contributed by atoms with Gasteiger partial charge in [-0.1, -0.05) is 6.42 Å². The number of rotatable bonds is 8. The number of aromatic nitrogens is 4. The first-order valence-electron chi connectivity index (χ1n) is 9.68. The minimum Gasteiger partial charge on any atom is -0.484 e. The molecule has 0 atom stereocenters. The molecule has 2 aromatic rings. The fourth-order valence-corrected chi connectivity index (χ4v) is 3.62. The average molecular weight is 370 g/mol. The molecule has 1 saturated carbocycles. The van der Waals surface area contributed by atoms with Crippen LogP contribution in [0.5, 0.6) is 5.75 Å². The molecule has 1 saturated heterocycles. The van der Waals surface area contributed by atoms with Gasteiger partial charge in [0.25, 0.3) is 5.91 Å². The summed E-state index contributed by atoms with van der Waals surface area (Å²) in [6, 6.07) is 7.31. The van der Waals surface area contributed by atoms with Crippen molar-refractivity contribution in [3.8, 4) is 11.4 Å². The first kappa shape index (κ1) is 17.9. The minimum atomic E-state index is -0.0653. The summed E-state index contributed by atoms with van der Waals surface area (Å²) >= 11 is 0. The Kier molecular flexibility index (Phi) is 5.33. The number of benzene rings is 1. The Morgan fingerprint density at radius 1 is 1.15 bits per heavy atom. The van der Waals surface area contributed by atoms with E-state index in [4.69, 9.17) is 4.74 Å². The van der Waals surface area contributed by atoms with Crippen LogP contribution in [0.1, 0.15) is 32.1 Å². The Hall–Kier alpha value is -2.48. The third kappa shape index (κ3) is 4.82. The maximum Gasteiger partial charge on any atom is 0.257 e. The maximum absolute atomic E-state index is 12.2. The van der Waals surface area contributed by atoms with E-state index in [2.05, 4.69) is 25.7 Å². The molecule has 4 rings (SSSR count). The zero-order chi connectivity index (χ0) is 18.5. The Balaban J connectivity index is 1.19. The molecule has 8 nitrogen and oxygen atoms in total. The van der Waals surface area contributed by atoms with Crippen LogP contribution in [0.3, 0.4) is 0 Å². The summed E-state index contributed by atoms with van der Waals surface area (Å²) in [7, 11) is 0. The van der Waals surface area contributed by atoms with Crippen molar-refractivity contribution in [2.45, 2.75) is 32.1 Å². The molecular formula is C19H26N6O2. The quantitative estimate of drug-likeness (QED) is 0.757. The lowest BCUT2D eigenvalue weighted by Crippen LogP contribution is -2.41. The predicted octanol–water partition coefficient (Wildman–Crippen LogP) is 1.42. The van der Waals surface area contributed by atoms with Gasteiger partial charge in [0.1, 0.15) is 12.1 Å². The van der Waals surface area contributed by atoms with E-state index in [1.165, 1.54) is 51.5 Å². The summed E-state index contributed by atoms with van der Waals surface area (Å²) in [5.74, 6) is 0.584. The van der Waals surface area contributed by atoms with Crippen molar-refractivity contribution in [1.82, 2.24) is 30.4 Å². The molecule has 27 heavy (non-hydrogen) atoms. The van der Waals surface area contributed by atoms with E-state index in [0.29, 0.717) is 11.2 Å². The van der Waals surface area contributed by atoms with Gasteiger partial charge in [-0.25, -0.2) is 4.68 Å². The van der Waals surface area contributed by atoms with Gasteiger partial charge >= 0.3 is 0 Å². The molecule has 0 radical (unpaired) electrons. The molecule has 0 spiro atoms. The van der Waals surface area contributed by atoms with Gasteiger partial charge in [0.05, 0.1) is 5.69 Å². The van der Waals surface area contributed by atoms with Gasteiger partial charge in [-0.15, -0.1) is 5.10 Å². The number of hydrogen-bond acceptors (Lipinski definition) is 6. The smallest absolute Gasteiger partial charge is 0.257 e. The maximum atomic E-state index is 12.2. The van der Waals surface area contributed by atoms with Gasteiger partial charge in [0, 0.05) is 18.5 Å². The molecule has 1 amide bonds. The Bertz CT molecular complexity index is 736. The van der Waals surface area contributed by atoms with Crippen molar-refractivity contribution in [2.75, 3.05) is 32.8 Å². The number of nitrogens with one attached hydrogen (secondary N) is 1. The molecule has 0 unspecified atom stereocenters. The number of carbonyl (C=O) groups is 1. The first-order chi connectivity index (χ1) is 13.2. The third-order valence-corrected chi connectivity index (χ3v) is 5.45. The molecule has 144 valence electrons. The van der Waals surface area contributed by atoms with E-state index in [1.807, 2.05) is 24.3 Å². The van der Waals surface area contributed by atoms with Crippen LogP contribution < -0.4 is 10.1 Å². The number of nitrogens with zero attached hydrogens (tertiary/aromatic N) is 5. The molecule has 8 heteroatoms. The van der Waals surface area contributed by atoms with Crippen molar-refractivity contribution in [1.29, 1.82) is 0 Å². The monoisotopic (exact) mass is 370 g/mol. The summed E-state index contributed by atoms with van der Waals surface area (Å²) < 4.78 is 7.16. The molecule has 2 aliphatic rings. The van der Waals surface area contributed by atoms with Gasteiger partial charge < -0.3 is 15.0 Å². The molecular weight excluding hydrogens is 344 g/mol. The normalized spacial score (nSPS) is 18.8. The number of hydrogen-bond donors (Lipinski definition) is 1. The fourth-order valence-electron chi connectivity index (χ4n) is 3.62. The van der Waals surface area contributed by atoms with E-state index >= 15 is 0 Å². The molecule has 1 aromatic heterocycles. The van der Waals surface area contributed by atoms with Crippen LogP contribution in [-0.4, -0.2) is 63.8 Å². The summed E-state index contributed by atoms with van der Waals surface area (Å²) in [6.07, 6.45) is 7.92. The highest BCUT2D eigenvalue weighted by molar-refractivity contribution is 5.77. The van der Waals surface area contributed by atoms with Crippen LogP contribution in [0.4, 0.5) is 0 Å². The standard InChI is InChI=1S/C19H26N6O2/c26-18(20-13-19(8-9-19)14-24-10-2-1-3-11-24)12-27-17-6-4-16(5-7-17)25-15-21-22-23-25/h4-7,15H,1-3,8-14H2,(H,20,26). The van der Waals surface area contributed by atoms with Crippen molar-refractivity contribution < 1.29 is 9.53 Å². The summed E-state index contributed by atoms with van der Waals surface area (Å²) in [5.41, 5.74) is 1.13. The van der Waals surface area contributed by atoms with Crippen molar-refractivity contribution in [2.24, 2.45) is 5.41 Å². The largest absolute Gasteiger partial charge is 0.484 e. The van der Waals surface area contributed by atoms with Crippen LogP contribution >= 0.6 is 0 Å². The highest BCUT2D eigenvalue weighted by Crippen LogP contribution is 2.45. The lowest BCUT2D eigenvalue weighted by Gasteiger charge is -2.30. The van der Waals surface area contributed by atoms with E-state index in [0.717, 1.165) is 18.8 Å². The SMILES string of the molecule is O=C(COc1ccc(-n2cnnn2)cc1)NCC1(CN2CCCCC2)CC1. The molecule has 0 bridgehead atoms. The number of likely N-dealkylation sites (tertiary alicyclic amines) is 1. The molecule has 1 aliphatic carbocycles. The van der Waals surface area contributed by atoms with E-state index in [1.54, 1.807) is 4.68 Å². The summed E-state index contributed by atoms with van der Waals surface area (Å²) in [6.45, 7) is 4.32. The fraction of sp³-hybridized carbons (Fsp3) is 0.579. The van der Waals surface area contributed by atoms with Crippen LogP contribution in [0, 0.1) is 5.41 Å². The number of tetrazole rings is 1. The molecule has 1 aliphatic heterocycles. The van der Waals surface area contributed by atoms with Crippen molar-refractivity contribution in [3.63, 3.8) is 0 Å². The number of carbonyl (C=O) groups excluding carboxylic acids is 1. The van der Waals surface area contributed by atoms with Crippen molar-refractivity contribution in [3.05, 3.63) is 30.6 Å². The minimum absolute atomic E-state index is 0.0318. The Morgan fingerprint density at radius 2 is 1.93 bits per heavy atom. The van der Waals surface area contributed by atoms with E-state index in [9.17, 15) is 4.79 Å². The zero-order valence-electron chi connectivity index (χ0n) is 15.5. The highest BCUT2D eigenvalue weighted by Gasteiger charge is 2.44. The summed E-state index contributed by atoms with van der Waals surface area (Å²) in [5, 5.41) is 14.1. The van der Waals surface area contributed by atoms with E-state index < -0.39 is 0 Å². The number of ether oxygens (including phenoxy) is 1. The second-order valence-corrected chi connectivity index (χ2v) is 7.65. The Labute approximate surface area is 158 Å². The second-order valence-electron chi connectivity index (χ2n) is 7.65. The van der Waals surface area contributed by atoms with E-state index in [-0.39, 0.29) is 12.5 Å². The van der Waals surface area contributed by atoms with Gasteiger partial charge in [0.2, 0.25) is 0 Å². The van der Waals surface area contributed by atoms with Crippen LogP contribution in [0.25, 0.3) is 5.69 Å². The predicted molar refractivity (Wildman–Crippen MR) is 99.6 cm³/mol. The topological polar surface area (TPSA) is 85.2 Å². The number of piperidine rings is 1. The zero-order valence-corrected chi connectivity index (χ0v) is 15.5. The lowest BCUT2D eigenvalue weighted by atomic mass is 10.0. The van der Waals surface area contributed by atoms with Crippen LogP contribution in [0.15, 0.2) is 30.6 Å². The third-order valence-electron chi connectivity index (χ3n) is 5.45. The van der Waals surface area contributed by atoms with Gasteiger partial charge in [-0.2, -0.15) is 0 Å². The number of amides is 1. The van der Waals surface area contributed by atoms with Gasteiger partial charge in [0.15, 0.2) is 6.61 Å². The Morgan fingerprint density at radius 3 is 2.59 bits per heavy atom.